The summed E-state index contributed by atoms with van der Waals surface area (Å²) in [5.41, 5.74) is 0. The van der Waals surface area contributed by atoms with Crippen molar-refractivity contribution in [1.29, 1.82) is 0 Å². The first-order valence-corrected chi connectivity index (χ1v) is 9.55. The monoisotopic (exact) mass is 347 g/mol. The number of nitrogens with one attached hydrogen (secondary N) is 1. The number of rotatable bonds is 7. The first kappa shape index (κ1) is 17.9. The maximum absolute atomic E-state index is 12.1. The zero-order valence-corrected chi connectivity index (χ0v) is 15.2. The van der Waals surface area contributed by atoms with Crippen molar-refractivity contribution < 1.29 is 9.53 Å². The molecule has 1 aromatic heterocycles. The molecule has 1 aliphatic carbocycles. The fourth-order valence-corrected chi connectivity index (χ4v) is 3.69. The largest absolute Gasteiger partial charge is 0.467 e. The molecular weight excluding hydrogens is 318 g/mol. The molecule has 1 N–H and O–H groups in total. The van der Waals surface area contributed by atoms with Crippen molar-refractivity contribution >= 4 is 11.9 Å². The van der Waals surface area contributed by atoms with Gasteiger partial charge in [0.2, 0.25) is 11.9 Å². The fourth-order valence-electron chi connectivity index (χ4n) is 3.69. The molecule has 1 saturated carbocycles. The van der Waals surface area contributed by atoms with Crippen LogP contribution >= 0.6 is 0 Å². The molecule has 1 aromatic rings. The van der Waals surface area contributed by atoms with E-state index in [-0.39, 0.29) is 5.91 Å². The van der Waals surface area contributed by atoms with Crippen molar-refractivity contribution in [3.8, 4) is 6.01 Å². The number of nitrogens with zero attached hydrogens (tertiary/aromatic N) is 4. The van der Waals surface area contributed by atoms with Crippen LogP contribution in [0.15, 0.2) is 0 Å². The van der Waals surface area contributed by atoms with Crippen LogP contribution in [0.5, 0.6) is 6.01 Å². The average molecular weight is 347 g/mol. The van der Waals surface area contributed by atoms with Crippen LogP contribution in [0.2, 0.25) is 0 Å². The van der Waals surface area contributed by atoms with Gasteiger partial charge in [0.15, 0.2) is 5.82 Å². The van der Waals surface area contributed by atoms with Crippen molar-refractivity contribution in [1.82, 2.24) is 20.3 Å². The molecule has 1 amide bonds. The van der Waals surface area contributed by atoms with Gasteiger partial charge in [0.1, 0.15) is 0 Å². The summed E-state index contributed by atoms with van der Waals surface area (Å²) in [5, 5.41) is 2.94. The van der Waals surface area contributed by atoms with Crippen molar-refractivity contribution in [2.24, 2.45) is 5.92 Å². The van der Waals surface area contributed by atoms with E-state index in [4.69, 9.17) is 4.74 Å². The first-order chi connectivity index (χ1) is 12.2. The van der Waals surface area contributed by atoms with Crippen LogP contribution < -0.4 is 15.0 Å². The van der Waals surface area contributed by atoms with Crippen molar-refractivity contribution in [2.45, 2.75) is 64.3 Å². The van der Waals surface area contributed by atoms with Gasteiger partial charge in [-0.3, -0.25) is 4.79 Å². The molecule has 0 radical (unpaired) electrons. The summed E-state index contributed by atoms with van der Waals surface area (Å²) in [6.45, 7) is 2.24. The van der Waals surface area contributed by atoms with Gasteiger partial charge in [0.05, 0.1) is 13.7 Å². The lowest BCUT2D eigenvalue weighted by Crippen LogP contribution is -2.26. The van der Waals surface area contributed by atoms with E-state index in [2.05, 4.69) is 25.2 Å². The van der Waals surface area contributed by atoms with Crippen molar-refractivity contribution in [2.75, 3.05) is 25.1 Å². The molecule has 2 heterocycles. The highest BCUT2D eigenvalue weighted by molar-refractivity contribution is 5.75. The van der Waals surface area contributed by atoms with Crippen molar-refractivity contribution in [3.63, 3.8) is 0 Å². The molecule has 0 unspecified atom stereocenters. The number of carbonyl (C=O) groups is 1. The summed E-state index contributed by atoms with van der Waals surface area (Å²) in [5.74, 6) is 2.00. The maximum atomic E-state index is 12.1. The smallest absolute Gasteiger partial charge is 0.321 e. The number of ether oxygens (including phenoxy) is 1. The Morgan fingerprint density at radius 3 is 2.60 bits per heavy atom. The first-order valence-electron chi connectivity index (χ1n) is 9.55. The molecule has 2 fully saturated rings. The van der Waals surface area contributed by atoms with Crippen molar-refractivity contribution in [3.05, 3.63) is 5.82 Å². The molecule has 7 heteroatoms. The van der Waals surface area contributed by atoms with Gasteiger partial charge in [-0.05, 0) is 25.2 Å². The number of aromatic nitrogens is 3. The van der Waals surface area contributed by atoms with E-state index in [0.717, 1.165) is 38.3 Å². The Kier molecular flexibility index (Phi) is 6.42. The normalized spacial score (nSPS) is 18.4. The molecule has 7 nitrogen and oxygen atoms in total. The molecule has 0 spiro atoms. The van der Waals surface area contributed by atoms with E-state index >= 15 is 0 Å². The topological polar surface area (TPSA) is 80.2 Å². The van der Waals surface area contributed by atoms with E-state index < -0.39 is 0 Å². The quantitative estimate of drug-likeness (QED) is 0.816. The highest BCUT2D eigenvalue weighted by Crippen LogP contribution is 2.27. The Hall–Kier alpha value is -1.92. The highest BCUT2D eigenvalue weighted by Gasteiger charge is 2.18. The third-order valence-electron chi connectivity index (χ3n) is 5.17. The van der Waals surface area contributed by atoms with E-state index in [1.54, 1.807) is 7.11 Å². The third-order valence-corrected chi connectivity index (χ3v) is 5.17. The molecule has 0 bridgehead atoms. The summed E-state index contributed by atoms with van der Waals surface area (Å²) >= 11 is 0. The van der Waals surface area contributed by atoms with E-state index in [1.165, 1.54) is 32.1 Å². The molecule has 1 aliphatic heterocycles. The number of amides is 1. The molecule has 2 aliphatic rings. The van der Waals surface area contributed by atoms with Gasteiger partial charge in [0, 0.05) is 19.5 Å². The Morgan fingerprint density at radius 1 is 1.12 bits per heavy atom. The molecule has 25 heavy (non-hydrogen) atoms. The summed E-state index contributed by atoms with van der Waals surface area (Å²) in [6, 6.07) is 0.309. The molecule has 1 saturated heterocycles. The number of carbonyl (C=O) groups excluding carboxylic acids is 1. The Morgan fingerprint density at radius 2 is 1.88 bits per heavy atom. The zero-order chi connectivity index (χ0) is 17.5. The lowest BCUT2D eigenvalue weighted by Gasteiger charge is -2.21. The molecule has 0 aromatic carbocycles. The maximum Gasteiger partial charge on any atom is 0.321 e. The molecule has 3 rings (SSSR count). The lowest BCUT2D eigenvalue weighted by atomic mass is 9.86. The fraction of sp³-hybridized carbons (Fsp3) is 0.778. The van der Waals surface area contributed by atoms with Crippen LogP contribution in [-0.2, 0) is 11.3 Å². The van der Waals surface area contributed by atoms with Gasteiger partial charge in [-0.25, -0.2) is 0 Å². The van der Waals surface area contributed by atoms with Gasteiger partial charge >= 0.3 is 6.01 Å². The minimum absolute atomic E-state index is 0.0766. The second kappa shape index (κ2) is 8.97. The summed E-state index contributed by atoms with van der Waals surface area (Å²) in [6.07, 6.45) is 10.4. The zero-order valence-electron chi connectivity index (χ0n) is 15.2. The van der Waals surface area contributed by atoms with Crippen LogP contribution in [-0.4, -0.2) is 41.1 Å². The molecule has 0 atom stereocenters. The summed E-state index contributed by atoms with van der Waals surface area (Å²) in [4.78, 5) is 27.3. The lowest BCUT2D eigenvalue weighted by molar-refractivity contribution is -0.121. The highest BCUT2D eigenvalue weighted by atomic mass is 16.5. The van der Waals surface area contributed by atoms with E-state index in [0.29, 0.717) is 30.7 Å². The molecule has 138 valence electrons. The summed E-state index contributed by atoms with van der Waals surface area (Å²) in [7, 11) is 1.55. The van der Waals surface area contributed by atoms with Crippen LogP contribution in [0.3, 0.4) is 0 Å². The Balaban J connectivity index is 1.51. The number of hydrogen-bond donors (Lipinski definition) is 1. The van der Waals surface area contributed by atoms with Crippen LogP contribution in [0.4, 0.5) is 5.95 Å². The SMILES string of the molecule is COc1nc(CNC(=O)CCC2CCCCC2)nc(N2CCCC2)n1. The van der Waals surface area contributed by atoms with Crippen LogP contribution in [0.25, 0.3) is 0 Å². The van der Waals surface area contributed by atoms with Gasteiger partial charge < -0.3 is 15.0 Å². The summed E-state index contributed by atoms with van der Waals surface area (Å²) < 4.78 is 5.19. The number of methoxy groups -OCH3 is 1. The molecular formula is C18H29N5O2. The van der Waals surface area contributed by atoms with Gasteiger partial charge in [-0.15, -0.1) is 0 Å². The number of hydrogen-bond acceptors (Lipinski definition) is 6. The predicted octanol–water partition coefficient (Wildman–Crippen LogP) is 2.46. The van der Waals surface area contributed by atoms with E-state index in [9.17, 15) is 4.79 Å². The minimum atomic E-state index is 0.0766. The minimum Gasteiger partial charge on any atom is -0.467 e. The second-order valence-corrected chi connectivity index (χ2v) is 7.05. The second-order valence-electron chi connectivity index (χ2n) is 7.05. The van der Waals surface area contributed by atoms with Gasteiger partial charge in [-0.1, -0.05) is 32.1 Å². The standard InChI is InChI=1S/C18H29N5O2/c1-25-18-21-15(20-17(22-18)23-11-5-6-12-23)13-19-16(24)10-9-14-7-3-2-4-8-14/h14H,2-13H2,1H3,(H,19,24). The van der Waals surface area contributed by atoms with Crippen LogP contribution in [0, 0.1) is 5.92 Å². The van der Waals surface area contributed by atoms with Crippen LogP contribution in [0.1, 0.15) is 63.6 Å². The Labute approximate surface area is 149 Å². The van der Waals surface area contributed by atoms with Gasteiger partial charge in [0.25, 0.3) is 0 Å². The number of anilines is 1. The van der Waals surface area contributed by atoms with Gasteiger partial charge in [-0.2, -0.15) is 15.0 Å². The predicted molar refractivity (Wildman–Crippen MR) is 95.5 cm³/mol. The average Bonchev–Trinajstić information content (AvgIpc) is 3.20. The Bertz CT molecular complexity index is 569. The third kappa shape index (κ3) is 5.28. The van der Waals surface area contributed by atoms with E-state index in [1.807, 2.05) is 0 Å².